The number of carbonyl (C=O) groups is 2. The van der Waals surface area contributed by atoms with Crippen LogP contribution >= 0.6 is 0 Å². The van der Waals surface area contributed by atoms with Crippen LogP contribution in [0.2, 0.25) is 0 Å². The zero-order valence-electron chi connectivity index (χ0n) is 16.5. The quantitative estimate of drug-likeness (QED) is 0.473. The van der Waals surface area contributed by atoms with Crippen molar-refractivity contribution >= 4 is 22.8 Å². The molecule has 0 aliphatic rings. The normalized spacial score (nSPS) is 10.9. The van der Waals surface area contributed by atoms with Gasteiger partial charge in [-0.25, -0.2) is 4.79 Å². The van der Waals surface area contributed by atoms with Crippen molar-refractivity contribution in [3.8, 4) is 0 Å². The summed E-state index contributed by atoms with van der Waals surface area (Å²) in [6.07, 6.45) is 0. The van der Waals surface area contributed by atoms with Gasteiger partial charge in [-0.2, -0.15) is 0 Å². The Morgan fingerprint density at radius 2 is 1.43 bits per heavy atom. The predicted molar refractivity (Wildman–Crippen MR) is 114 cm³/mol. The van der Waals surface area contributed by atoms with Crippen molar-refractivity contribution < 1.29 is 18.7 Å². The van der Waals surface area contributed by atoms with E-state index in [0.29, 0.717) is 11.1 Å². The second-order valence-corrected chi connectivity index (χ2v) is 6.95. The summed E-state index contributed by atoms with van der Waals surface area (Å²) in [6, 6.07) is 26.3. The van der Waals surface area contributed by atoms with Crippen LogP contribution in [0.25, 0.3) is 11.0 Å². The van der Waals surface area contributed by atoms with E-state index in [1.807, 2.05) is 78.9 Å². The first-order chi connectivity index (χ1) is 14.6. The molecule has 0 radical (unpaired) electrons. The Morgan fingerprint density at radius 1 is 0.867 bits per heavy atom. The second-order valence-electron chi connectivity index (χ2n) is 6.95. The molecule has 0 spiro atoms. The first kappa shape index (κ1) is 19.5. The number of nitrogens with one attached hydrogen (secondary N) is 1. The molecule has 3 aromatic carbocycles. The number of rotatable bonds is 6. The highest BCUT2D eigenvalue weighted by molar-refractivity contribution is 5.96. The van der Waals surface area contributed by atoms with Crippen LogP contribution in [0.5, 0.6) is 0 Å². The fourth-order valence-electron chi connectivity index (χ4n) is 3.42. The average molecular weight is 399 g/mol. The molecule has 5 nitrogen and oxygen atoms in total. The molecule has 5 heteroatoms. The number of ether oxygens (including phenoxy) is 1. The summed E-state index contributed by atoms with van der Waals surface area (Å²) >= 11 is 0. The van der Waals surface area contributed by atoms with Crippen molar-refractivity contribution in [3.63, 3.8) is 0 Å². The van der Waals surface area contributed by atoms with Crippen LogP contribution in [0, 0.1) is 6.92 Å². The molecular formula is C25H21NO4. The van der Waals surface area contributed by atoms with Crippen LogP contribution in [0.1, 0.15) is 33.3 Å². The van der Waals surface area contributed by atoms with Gasteiger partial charge < -0.3 is 14.5 Å². The van der Waals surface area contributed by atoms with Crippen molar-refractivity contribution in [1.82, 2.24) is 5.32 Å². The van der Waals surface area contributed by atoms with Crippen molar-refractivity contribution in [2.24, 2.45) is 0 Å². The second kappa shape index (κ2) is 8.66. The molecule has 0 saturated carbocycles. The minimum Gasteiger partial charge on any atom is -0.450 e. The number of amides is 1. The van der Waals surface area contributed by atoms with Crippen LogP contribution in [0.4, 0.5) is 0 Å². The van der Waals surface area contributed by atoms with Gasteiger partial charge in [-0.1, -0.05) is 78.9 Å². The van der Waals surface area contributed by atoms with Crippen LogP contribution in [0.3, 0.4) is 0 Å². The number of furan rings is 1. The van der Waals surface area contributed by atoms with Gasteiger partial charge >= 0.3 is 5.97 Å². The van der Waals surface area contributed by atoms with Gasteiger partial charge in [0, 0.05) is 10.9 Å². The molecule has 30 heavy (non-hydrogen) atoms. The number of aryl methyl sites for hydroxylation is 1. The first-order valence-electron chi connectivity index (χ1n) is 9.68. The van der Waals surface area contributed by atoms with Gasteiger partial charge in [0.05, 0.1) is 6.04 Å². The molecule has 150 valence electrons. The maximum Gasteiger partial charge on any atom is 0.375 e. The lowest BCUT2D eigenvalue weighted by atomic mass is 9.99. The van der Waals surface area contributed by atoms with Gasteiger partial charge in [-0.05, 0) is 24.1 Å². The number of hydrogen-bond acceptors (Lipinski definition) is 4. The van der Waals surface area contributed by atoms with E-state index in [9.17, 15) is 9.59 Å². The molecule has 0 saturated heterocycles. The van der Waals surface area contributed by atoms with Gasteiger partial charge in [-0.15, -0.1) is 0 Å². The van der Waals surface area contributed by atoms with Crippen LogP contribution in [-0.4, -0.2) is 18.5 Å². The Bertz CT molecular complexity index is 1130. The van der Waals surface area contributed by atoms with E-state index in [1.165, 1.54) is 0 Å². The van der Waals surface area contributed by atoms with Crippen molar-refractivity contribution in [1.29, 1.82) is 0 Å². The van der Waals surface area contributed by atoms with Gasteiger partial charge in [-0.3, -0.25) is 4.79 Å². The summed E-state index contributed by atoms with van der Waals surface area (Å²) in [5.74, 6) is -0.934. The molecule has 4 rings (SSSR count). The SMILES string of the molecule is Cc1c(C(=O)OCC(=O)NC(c2ccccc2)c2ccccc2)oc2ccccc12. The van der Waals surface area contributed by atoms with E-state index in [-0.39, 0.29) is 11.8 Å². The molecule has 0 unspecified atom stereocenters. The van der Waals surface area contributed by atoms with Gasteiger partial charge in [0.25, 0.3) is 5.91 Å². The lowest BCUT2D eigenvalue weighted by Crippen LogP contribution is -2.33. The van der Waals surface area contributed by atoms with E-state index in [4.69, 9.17) is 9.15 Å². The highest BCUT2D eigenvalue weighted by atomic mass is 16.5. The molecule has 0 atom stereocenters. The van der Waals surface area contributed by atoms with Crippen LogP contribution in [-0.2, 0) is 9.53 Å². The third-order valence-corrected chi connectivity index (χ3v) is 4.93. The van der Waals surface area contributed by atoms with Crippen LogP contribution < -0.4 is 5.32 Å². The zero-order valence-corrected chi connectivity index (χ0v) is 16.5. The van der Waals surface area contributed by atoms with Crippen molar-refractivity contribution in [3.05, 3.63) is 107 Å². The molecule has 0 fully saturated rings. The largest absolute Gasteiger partial charge is 0.450 e. The molecule has 1 amide bonds. The molecule has 1 aromatic heterocycles. The van der Waals surface area contributed by atoms with Crippen molar-refractivity contribution in [2.45, 2.75) is 13.0 Å². The highest BCUT2D eigenvalue weighted by Crippen LogP contribution is 2.25. The third-order valence-electron chi connectivity index (χ3n) is 4.93. The number of fused-ring (bicyclic) bond motifs is 1. The summed E-state index contributed by atoms with van der Waals surface area (Å²) in [7, 11) is 0. The zero-order chi connectivity index (χ0) is 20.9. The van der Waals surface area contributed by atoms with Crippen molar-refractivity contribution in [2.75, 3.05) is 6.61 Å². The maximum atomic E-state index is 12.6. The summed E-state index contributed by atoms with van der Waals surface area (Å²) in [5, 5.41) is 3.80. The first-order valence-corrected chi connectivity index (χ1v) is 9.68. The number of para-hydroxylation sites is 1. The van der Waals surface area contributed by atoms with E-state index in [1.54, 1.807) is 13.0 Å². The van der Waals surface area contributed by atoms with E-state index < -0.39 is 18.5 Å². The minimum absolute atomic E-state index is 0.117. The Morgan fingerprint density at radius 3 is 2.03 bits per heavy atom. The Kier molecular flexibility index (Phi) is 5.61. The van der Waals surface area contributed by atoms with Gasteiger partial charge in [0.15, 0.2) is 6.61 Å². The molecular weight excluding hydrogens is 378 g/mol. The fraction of sp³-hybridized carbons (Fsp3) is 0.120. The van der Waals surface area contributed by atoms with Gasteiger partial charge in [0.2, 0.25) is 5.76 Å². The van der Waals surface area contributed by atoms with Gasteiger partial charge in [0.1, 0.15) is 5.58 Å². The Hall–Kier alpha value is -3.86. The Labute approximate surface area is 174 Å². The van der Waals surface area contributed by atoms with E-state index in [0.717, 1.165) is 16.5 Å². The summed E-state index contributed by atoms with van der Waals surface area (Å²) in [4.78, 5) is 25.0. The molecule has 4 aromatic rings. The van der Waals surface area contributed by atoms with Crippen LogP contribution in [0.15, 0.2) is 89.3 Å². The lowest BCUT2D eigenvalue weighted by Gasteiger charge is -2.19. The topological polar surface area (TPSA) is 68.5 Å². The molecule has 0 aliphatic carbocycles. The number of benzene rings is 3. The predicted octanol–water partition coefficient (Wildman–Crippen LogP) is 4.80. The number of carbonyl (C=O) groups excluding carboxylic acids is 2. The highest BCUT2D eigenvalue weighted by Gasteiger charge is 2.21. The third kappa shape index (κ3) is 4.10. The lowest BCUT2D eigenvalue weighted by molar-refractivity contribution is -0.124. The summed E-state index contributed by atoms with van der Waals surface area (Å²) < 4.78 is 10.8. The Balaban J connectivity index is 1.46. The van der Waals surface area contributed by atoms with E-state index in [2.05, 4.69) is 5.32 Å². The summed E-state index contributed by atoms with van der Waals surface area (Å²) in [5.41, 5.74) is 3.19. The maximum absolute atomic E-state index is 12.6. The molecule has 1 heterocycles. The smallest absolute Gasteiger partial charge is 0.375 e. The number of hydrogen-bond donors (Lipinski definition) is 1. The summed E-state index contributed by atoms with van der Waals surface area (Å²) in [6.45, 7) is 1.40. The standard InChI is InChI=1S/C25H21NO4/c1-17-20-14-8-9-15-21(20)30-24(17)25(28)29-16-22(27)26-23(18-10-4-2-5-11-18)19-12-6-3-7-13-19/h2-15,23H,16H2,1H3,(H,26,27). The minimum atomic E-state index is -0.658. The molecule has 1 N–H and O–H groups in total. The monoisotopic (exact) mass is 399 g/mol. The number of esters is 1. The fourth-order valence-corrected chi connectivity index (χ4v) is 3.42. The molecule has 0 aliphatic heterocycles. The average Bonchev–Trinajstić information content (AvgIpc) is 3.14. The molecule has 0 bridgehead atoms. The van der Waals surface area contributed by atoms with E-state index >= 15 is 0 Å².